The van der Waals surface area contributed by atoms with E-state index in [1.807, 2.05) is 31.2 Å². The molecular formula is C24H28N2O5. The molecule has 2 amide bonds. The number of hydrogen-bond donors (Lipinski definition) is 2. The van der Waals surface area contributed by atoms with E-state index in [2.05, 4.69) is 10.6 Å². The smallest absolute Gasteiger partial charge is 0.244 e. The molecule has 1 aliphatic carbocycles. The highest BCUT2D eigenvalue weighted by Crippen LogP contribution is 2.38. The molecule has 0 aliphatic heterocycles. The van der Waals surface area contributed by atoms with Crippen LogP contribution in [-0.4, -0.2) is 33.1 Å². The number of benzene rings is 2. The summed E-state index contributed by atoms with van der Waals surface area (Å²) in [5, 5.41) is 5.84. The molecule has 0 saturated heterocycles. The number of ether oxygens (including phenoxy) is 3. The topological polar surface area (TPSA) is 85.9 Å². The Hall–Kier alpha value is -3.48. The Morgan fingerprint density at radius 1 is 1.00 bits per heavy atom. The van der Waals surface area contributed by atoms with Gasteiger partial charge in [0, 0.05) is 17.7 Å². The van der Waals surface area contributed by atoms with Gasteiger partial charge in [0.2, 0.25) is 17.6 Å². The van der Waals surface area contributed by atoms with Crippen LogP contribution in [-0.2, 0) is 9.59 Å². The number of rotatable bonds is 9. The predicted molar refractivity (Wildman–Crippen MR) is 119 cm³/mol. The van der Waals surface area contributed by atoms with Crippen molar-refractivity contribution < 1.29 is 23.8 Å². The average molecular weight is 424 g/mol. The quantitative estimate of drug-likeness (QED) is 0.596. The second-order valence-electron chi connectivity index (χ2n) is 7.41. The number of anilines is 1. The minimum absolute atomic E-state index is 0.0750. The van der Waals surface area contributed by atoms with Crippen LogP contribution in [0.5, 0.6) is 17.2 Å². The minimum atomic E-state index is -0.229. The summed E-state index contributed by atoms with van der Waals surface area (Å²) in [5.74, 6) is 1.54. The fourth-order valence-electron chi connectivity index (χ4n) is 3.16. The third kappa shape index (κ3) is 5.78. The van der Waals surface area contributed by atoms with E-state index in [9.17, 15) is 9.59 Å². The normalized spacial score (nSPS) is 14.1. The Kier molecular flexibility index (Phi) is 7.18. The maximum absolute atomic E-state index is 12.4. The predicted octanol–water partition coefficient (Wildman–Crippen LogP) is 3.95. The summed E-state index contributed by atoms with van der Waals surface area (Å²) >= 11 is 0. The van der Waals surface area contributed by atoms with E-state index in [0.29, 0.717) is 17.2 Å². The van der Waals surface area contributed by atoms with Gasteiger partial charge in [-0.25, -0.2) is 0 Å². The highest BCUT2D eigenvalue weighted by atomic mass is 16.5. The van der Waals surface area contributed by atoms with Crippen LogP contribution in [0.3, 0.4) is 0 Å². The fraction of sp³-hybridized carbons (Fsp3) is 0.333. The SMILES string of the molecule is COc1cc(/C=C/C(=O)NC(C)c2ccc(NC(=O)C3CC3)cc2)cc(OC)c1OC. The lowest BCUT2D eigenvalue weighted by molar-refractivity contribution is -0.118. The van der Waals surface area contributed by atoms with Crippen LogP contribution >= 0.6 is 0 Å². The van der Waals surface area contributed by atoms with Gasteiger partial charge >= 0.3 is 0 Å². The van der Waals surface area contributed by atoms with Crippen LogP contribution in [0.1, 0.15) is 36.9 Å². The van der Waals surface area contributed by atoms with Crippen molar-refractivity contribution in [3.05, 3.63) is 53.6 Å². The number of amides is 2. The van der Waals surface area contributed by atoms with Crippen LogP contribution in [0, 0.1) is 5.92 Å². The number of methoxy groups -OCH3 is 3. The molecule has 2 N–H and O–H groups in total. The van der Waals surface area contributed by atoms with Crippen LogP contribution in [0.2, 0.25) is 0 Å². The Bertz CT molecular complexity index is 939. The summed E-state index contributed by atoms with van der Waals surface area (Å²) < 4.78 is 16.0. The zero-order valence-electron chi connectivity index (χ0n) is 18.2. The molecule has 1 aliphatic rings. The van der Waals surface area contributed by atoms with Crippen molar-refractivity contribution in [2.45, 2.75) is 25.8 Å². The Labute approximate surface area is 182 Å². The summed E-state index contributed by atoms with van der Waals surface area (Å²) in [6.45, 7) is 1.91. The lowest BCUT2D eigenvalue weighted by Gasteiger charge is -2.14. The molecule has 2 aromatic carbocycles. The maximum Gasteiger partial charge on any atom is 0.244 e. The van der Waals surface area contributed by atoms with Gasteiger partial charge in [-0.2, -0.15) is 0 Å². The molecule has 164 valence electrons. The number of hydrogen-bond acceptors (Lipinski definition) is 5. The summed E-state index contributed by atoms with van der Waals surface area (Å²) in [6, 6.07) is 10.8. The van der Waals surface area contributed by atoms with E-state index in [4.69, 9.17) is 14.2 Å². The third-order valence-corrected chi connectivity index (χ3v) is 5.10. The molecule has 31 heavy (non-hydrogen) atoms. The zero-order valence-corrected chi connectivity index (χ0v) is 18.2. The average Bonchev–Trinajstić information content (AvgIpc) is 3.63. The zero-order chi connectivity index (χ0) is 22.4. The van der Waals surface area contributed by atoms with E-state index < -0.39 is 0 Å². The lowest BCUT2D eigenvalue weighted by Crippen LogP contribution is -2.24. The fourth-order valence-corrected chi connectivity index (χ4v) is 3.16. The first-order valence-electron chi connectivity index (χ1n) is 10.1. The van der Waals surface area contributed by atoms with Gasteiger partial charge in [0.15, 0.2) is 11.5 Å². The van der Waals surface area contributed by atoms with Gasteiger partial charge in [-0.05, 0) is 61.2 Å². The second kappa shape index (κ2) is 10.0. The van der Waals surface area contributed by atoms with Gasteiger partial charge in [0.25, 0.3) is 0 Å². The van der Waals surface area contributed by atoms with Crippen molar-refractivity contribution in [2.75, 3.05) is 26.6 Å². The molecule has 0 spiro atoms. The molecule has 2 aromatic rings. The summed E-state index contributed by atoms with van der Waals surface area (Å²) in [5.41, 5.74) is 2.45. The molecule has 7 heteroatoms. The van der Waals surface area contributed by atoms with E-state index >= 15 is 0 Å². The van der Waals surface area contributed by atoms with Gasteiger partial charge in [-0.3, -0.25) is 9.59 Å². The van der Waals surface area contributed by atoms with Crippen molar-refractivity contribution in [1.82, 2.24) is 5.32 Å². The summed E-state index contributed by atoms with van der Waals surface area (Å²) in [4.78, 5) is 24.2. The third-order valence-electron chi connectivity index (χ3n) is 5.10. The van der Waals surface area contributed by atoms with Crippen LogP contribution in [0.4, 0.5) is 5.69 Å². The Balaban J connectivity index is 1.60. The molecule has 7 nitrogen and oxygen atoms in total. The van der Waals surface area contributed by atoms with Gasteiger partial charge in [0.05, 0.1) is 27.4 Å². The van der Waals surface area contributed by atoms with E-state index in [-0.39, 0.29) is 23.8 Å². The minimum Gasteiger partial charge on any atom is -0.493 e. The van der Waals surface area contributed by atoms with Crippen molar-refractivity contribution in [1.29, 1.82) is 0 Å². The Morgan fingerprint density at radius 3 is 2.13 bits per heavy atom. The maximum atomic E-state index is 12.4. The monoisotopic (exact) mass is 424 g/mol. The highest BCUT2D eigenvalue weighted by molar-refractivity contribution is 5.94. The molecule has 3 rings (SSSR count). The van der Waals surface area contributed by atoms with Gasteiger partial charge < -0.3 is 24.8 Å². The largest absolute Gasteiger partial charge is 0.493 e. The summed E-state index contributed by atoms with van der Waals surface area (Å²) in [7, 11) is 4.63. The molecule has 1 saturated carbocycles. The van der Waals surface area contributed by atoms with Crippen LogP contribution in [0.25, 0.3) is 6.08 Å². The van der Waals surface area contributed by atoms with Gasteiger partial charge in [-0.1, -0.05) is 12.1 Å². The standard InChI is InChI=1S/C24H28N2O5/c1-15(17-8-10-19(11-9-17)26-24(28)18-6-7-18)25-22(27)12-5-16-13-20(29-2)23(31-4)21(14-16)30-3/h5,8-15,18H,6-7H2,1-4H3,(H,25,27)(H,26,28)/b12-5+. The first-order chi connectivity index (χ1) is 14.9. The van der Waals surface area contributed by atoms with Crippen LogP contribution in [0.15, 0.2) is 42.5 Å². The molecule has 0 radical (unpaired) electrons. The van der Waals surface area contributed by atoms with Crippen molar-refractivity contribution in [3.63, 3.8) is 0 Å². The molecule has 0 bridgehead atoms. The van der Waals surface area contributed by atoms with E-state index in [1.54, 1.807) is 32.4 Å². The number of carbonyl (C=O) groups excluding carboxylic acids is 2. The van der Waals surface area contributed by atoms with Crippen molar-refractivity contribution in [2.24, 2.45) is 5.92 Å². The van der Waals surface area contributed by atoms with Crippen molar-refractivity contribution in [3.8, 4) is 17.2 Å². The first kappa shape index (κ1) is 22.2. The van der Waals surface area contributed by atoms with E-state index in [0.717, 1.165) is 29.7 Å². The number of carbonyl (C=O) groups is 2. The van der Waals surface area contributed by atoms with Crippen LogP contribution < -0.4 is 24.8 Å². The van der Waals surface area contributed by atoms with Crippen molar-refractivity contribution >= 4 is 23.6 Å². The molecule has 0 heterocycles. The van der Waals surface area contributed by atoms with E-state index in [1.165, 1.54) is 13.2 Å². The van der Waals surface area contributed by atoms with Gasteiger partial charge in [-0.15, -0.1) is 0 Å². The molecule has 1 unspecified atom stereocenters. The number of nitrogens with one attached hydrogen (secondary N) is 2. The van der Waals surface area contributed by atoms with Gasteiger partial charge in [0.1, 0.15) is 0 Å². The molecule has 0 aromatic heterocycles. The lowest BCUT2D eigenvalue weighted by atomic mass is 10.1. The first-order valence-corrected chi connectivity index (χ1v) is 10.1. The molecule has 1 fully saturated rings. The molecular weight excluding hydrogens is 396 g/mol. The Morgan fingerprint density at radius 2 is 1.61 bits per heavy atom. The summed E-state index contributed by atoms with van der Waals surface area (Å²) in [6.07, 6.45) is 5.08. The molecule has 1 atom stereocenters. The second-order valence-corrected chi connectivity index (χ2v) is 7.41. The highest BCUT2D eigenvalue weighted by Gasteiger charge is 2.29.